The molecule has 0 N–H and O–H groups in total. The Balaban J connectivity index is 4.30. The number of carbonyl (C=O) groups is 2. The second-order valence-corrected chi connectivity index (χ2v) is 3.07. The average Bonchev–Trinajstić information content (AvgIpc) is 2.13. The Morgan fingerprint density at radius 1 is 1.50 bits per heavy atom. The lowest BCUT2D eigenvalue weighted by Crippen LogP contribution is -2.40. The molecule has 0 rings (SSSR count). The van der Waals surface area contributed by atoms with Crippen LogP contribution in [0, 0.1) is 0 Å². The van der Waals surface area contributed by atoms with Gasteiger partial charge >= 0.3 is 5.97 Å². The summed E-state index contributed by atoms with van der Waals surface area (Å²) in [6.45, 7) is 9.08. The van der Waals surface area contributed by atoms with Gasteiger partial charge in [0.2, 0.25) is 5.91 Å². The fraction of sp³-hybridized carbons (Fsp3) is 0.600. The van der Waals surface area contributed by atoms with Crippen LogP contribution in [0.4, 0.5) is 0 Å². The first-order valence-electron chi connectivity index (χ1n) is 4.61. The minimum Gasteiger partial charge on any atom is -0.465 e. The standard InChI is InChI=1S/C10H17NO3/c1-5-9(12)11(8(3)4)7-10(13)14-6-2/h5,8H,1,6-7H2,2-4H3. The predicted molar refractivity (Wildman–Crippen MR) is 53.7 cm³/mol. The molecule has 0 aliphatic rings. The lowest BCUT2D eigenvalue weighted by Gasteiger charge is -2.24. The summed E-state index contributed by atoms with van der Waals surface area (Å²) in [6, 6.07) is -0.0371. The second-order valence-electron chi connectivity index (χ2n) is 3.07. The highest BCUT2D eigenvalue weighted by Gasteiger charge is 2.17. The molecule has 4 heteroatoms. The minimum absolute atomic E-state index is 0.0175. The summed E-state index contributed by atoms with van der Waals surface area (Å²) < 4.78 is 4.75. The number of esters is 1. The normalized spacial score (nSPS) is 9.71. The third-order valence-electron chi connectivity index (χ3n) is 1.69. The Labute approximate surface area is 84.5 Å². The molecule has 1 amide bonds. The third-order valence-corrected chi connectivity index (χ3v) is 1.69. The van der Waals surface area contributed by atoms with E-state index in [1.807, 2.05) is 13.8 Å². The molecule has 4 nitrogen and oxygen atoms in total. The van der Waals surface area contributed by atoms with E-state index in [2.05, 4.69) is 6.58 Å². The molecule has 0 aromatic carbocycles. The summed E-state index contributed by atoms with van der Waals surface area (Å²) in [6.07, 6.45) is 1.19. The van der Waals surface area contributed by atoms with Gasteiger partial charge in [-0.3, -0.25) is 9.59 Å². The predicted octanol–water partition coefficient (Wildman–Crippen LogP) is 0.972. The fourth-order valence-electron chi connectivity index (χ4n) is 0.978. The van der Waals surface area contributed by atoms with Gasteiger partial charge in [-0.05, 0) is 26.8 Å². The monoisotopic (exact) mass is 199 g/mol. The zero-order chi connectivity index (χ0) is 11.1. The number of amides is 1. The summed E-state index contributed by atoms with van der Waals surface area (Å²) >= 11 is 0. The van der Waals surface area contributed by atoms with Crippen LogP contribution in [0.15, 0.2) is 12.7 Å². The third kappa shape index (κ3) is 4.07. The van der Waals surface area contributed by atoms with Crippen LogP contribution in [-0.2, 0) is 14.3 Å². The van der Waals surface area contributed by atoms with Crippen molar-refractivity contribution in [1.82, 2.24) is 4.90 Å². The molecule has 0 aliphatic heterocycles. The quantitative estimate of drug-likeness (QED) is 0.489. The first-order chi connectivity index (χ1) is 6.52. The molecule has 0 fully saturated rings. The van der Waals surface area contributed by atoms with Crippen LogP contribution in [0.1, 0.15) is 20.8 Å². The first-order valence-corrected chi connectivity index (χ1v) is 4.61. The van der Waals surface area contributed by atoms with E-state index in [0.717, 1.165) is 0 Å². The van der Waals surface area contributed by atoms with E-state index < -0.39 is 5.97 Å². The van der Waals surface area contributed by atoms with Crippen LogP contribution < -0.4 is 0 Å². The topological polar surface area (TPSA) is 46.6 Å². The van der Waals surface area contributed by atoms with E-state index in [1.165, 1.54) is 11.0 Å². The number of ether oxygens (including phenoxy) is 1. The second kappa shape index (κ2) is 6.18. The Morgan fingerprint density at radius 2 is 2.07 bits per heavy atom. The molecule has 0 aromatic heterocycles. The number of carbonyl (C=O) groups excluding carboxylic acids is 2. The number of nitrogens with zero attached hydrogens (tertiary/aromatic N) is 1. The molecule has 0 radical (unpaired) electrons. The van der Waals surface area contributed by atoms with Gasteiger partial charge in [0, 0.05) is 6.04 Å². The van der Waals surface area contributed by atoms with Crippen molar-refractivity contribution < 1.29 is 14.3 Å². The smallest absolute Gasteiger partial charge is 0.325 e. The van der Waals surface area contributed by atoms with E-state index in [0.29, 0.717) is 6.61 Å². The summed E-state index contributed by atoms with van der Waals surface area (Å²) in [5.41, 5.74) is 0. The molecule has 0 aliphatic carbocycles. The van der Waals surface area contributed by atoms with Gasteiger partial charge in [0.05, 0.1) is 6.61 Å². The van der Waals surface area contributed by atoms with Crippen LogP contribution in [0.2, 0.25) is 0 Å². The lowest BCUT2D eigenvalue weighted by atomic mass is 10.3. The number of hydrogen-bond acceptors (Lipinski definition) is 3. The highest BCUT2D eigenvalue weighted by atomic mass is 16.5. The lowest BCUT2D eigenvalue weighted by molar-refractivity contribution is -0.148. The fourth-order valence-corrected chi connectivity index (χ4v) is 0.978. The minimum atomic E-state index is -0.392. The molecule has 0 heterocycles. The van der Waals surface area contributed by atoms with Gasteiger partial charge in [-0.15, -0.1) is 0 Å². The summed E-state index contributed by atoms with van der Waals surface area (Å²) in [5, 5.41) is 0. The molecular weight excluding hydrogens is 182 g/mol. The highest BCUT2D eigenvalue weighted by Crippen LogP contribution is 2.00. The molecular formula is C10H17NO3. The summed E-state index contributed by atoms with van der Waals surface area (Å²) in [5.74, 6) is -0.649. The number of hydrogen-bond donors (Lipinski definition) is 0. The maximum atomic E-state index is 11.3. The zero-order valence-electron chi connectivity index (χ0n) is 8.95. The van der Waals surface area contributed by atoms with Crippen LogP contribution >= 0.6 is 0 Å². The van der Waals surface area contributed by atoms with E-state index >= 15 is 0 Å². The maximum Gasteiger partial charge on any atom is 0.325 e. The molecule has 14 heavy (non-hydrogen) atoms. The van der Waals surface area contributed by atoms with E-state index in [9.17, 15) is 9.59 Å². The van der Waals surface area contributed by atoms with Crippen LogP contribution in [0.25, 0.3) is 0 Å². The molecule has 0 spiro atoms. The van der Waals surface area contributed by atoms with Crippen molar-refractivity contribution in [2.75, 3.05) is 13.2 Å². The van der Waals surface area contributed by atoms with Crippen molar-refractivity contribution in [3.05, 3.63) is 12.7 Å². The van der Waals surface area contributed by atoms with Crippen LogP contribution in [0.3, 0.4) is 0 Å². The Bertz CT molecular complexity index is 223. The van der Waals surface area contributed by atoms with Gasteiger partial charge < -0.3 is 9.64 Å². The average molecular weight is 199 g/mol. The molecule has 0 unspecified atom stereocenters. The van der Waals surface area contributed by atoms with Crippen molar-refractivity contribution in [3.63, 3.8) is 0 Å². The maximum absolute atomic E-state index is 11.3. The molecule has 0 saturated heterocycles. The van der Waals surface area contributed by atoms with Gasteiger partial charge in [-0.1, -0.05) is 6.58 Å². The SMILES string of the molecule is C=CC(=O)N(CC(=O)OCC)C(C)C. The van der Waals surface area contributed by atoms with Gasteiger partial charge in [-0.2, -0.15) is 0 Å². The Morgan fingerprint density at radius 3 is 2.43 bits per heavy atom. The summed E-state index contributed by atoms with van der Waals surface area (Å²) in [4.78, 5) is 23.8. The van der Waals surface area contributed by atoms with Gasteiger partial charge in [0.25, 0.3) is 0 Å². The molecule has 80 valence electrons. The van der Waals surface area contributed by atoms with Crippen LogP contribution in [-0.4, -0.2) is 36.0 Å². The van der Waals surface area contributed by atoms with E-state index in [1.54, 1.807) is 6.92 Å². The Kier molecular flexibility index (Phi) is 5.60. The van der Waals surface area contributed by atoms with Crippen molar-refractivity contribution in [1.29, 1.82) is 0 Å². The first kappa shape index (κ1) is 12.7. The molecule has 0 aromatic rings. The van der Waals surface area contributed by atoms with Crippen LogP contribution in [0.5, 0.6) is 0 Å². The Hall–Kier alpha value is -1.32. The van der Waals surface area contributed by atoms with Gasteiger partial charge in [-0.25, -0.2) is 0 Å². The number of rotatable bonds is 5. The highest BCUT2D eigenvalue weighted by molar-refractivity contribution is 5.90. The van der Waals surface area contributed by atoms with Crippen molar-refractivity contribution >= 4 is 11.9 Å². The zero-order valence-corrected chi connectivity index (χ0v) is 8.95. The van der Waals surface area contributed by atoms with E-state index in [-0.39, 0.29) is 18.5 Å². The molecule has 0 atom stereocenters. The van der Waals surface area contributed by atoms with Crippen molar-refractivity contribution in [2.45, 2.75) is 26.8 Å². The molecule has 0 bridgehead atoms. The van der Waals surface area contributed by atoms with Gasteiger partial charge in [0.15, 0.2) is 0 Å². The van der Waals surface area contributed by atoms with Crippen molar-refractivity contribution in [3.8, 4) is 0 Å². The summed E-state index contributed by atoms with van der Waals surface area (Å²) in [7, 11) is 0. The van der Waals surface area contributed by atoms with Gasteiger partial charge in [0.1, 0.15) is 6.54 Å². The van der Waals surface area contributed by atoms with Crippen molar-refractivity contribution in [2.24, 2.45) is 0 Å². The van der Waals surface area contributed by atoms with E-state index in [4.69, 9.17) is 4.74 Å². The molecule has 0 saturated carbocycles. The largest absolute Gasteiger partial charge is 0.465 e.